The molecular weight excluding hydrogens is 270 g/mol. The number of carboxylic acid groups (broad SMARTS) is 1. The van der Waals surface area contributed by atoms with E-state index in [0.29, 0.717) is 18.9 Å². The Labute approximate surface area is 121 Å². The average molecular weight is 285 g/mol. The van der Waals surface area contributed by atoms with Crippen molar-refractivity contribution in [2.45, 2.75) is 13.0 Å². The van der Waals surface area contributed by atoms with Crippen LogP contribution in [0, 0.1) is 0 Å². The summed E-state index contributed by atoms with van der Waals surface area (Å²) in [6, 6.07) is 8.64. The van der Waals surface area contributed by atoms with Gasteiger partial charge in [-0.15, -0.1) is 0 Å². The number of amides is 1. The number of carbonyl (C=O) groups is 2. The van der Waals surface area contributed by atoms with Crippen molar-refractivity contribution < 1.29 is 14.7 Å². The molecule has 1 atom stereocenters. The first-order chi connectivity index (χ1) is 10.1. The van der Waals surface area contributed by atoms with Crippen LogP contribution in [0.25, 0.3) is 10.8 Å². The zero-order valence-corrected chi connectivity index (χ0v) is 11.5. The van der Waals surface area contributed by atoms with Gasteiger partial charge >= 0.3 is 5.97 Å². The van der Waals surface area contributed by atoms with Crippen LogP contribution >= 0.6 is 0 Å². The Morgan fingerprint density at radius 1 is 1.43 bits per heavy atom. The molecule has 2 N–H and O–H groups in total. The minimum absolute atomic E-state index is 0.0121. The van der Waals surface area contributed by atoms with Crippen LogP contribution in [0.15, 0.2) is 30.3 Å². The third-order valence-corrected chi connectivity index (χ3v) is 3.71. The van der Waals surface area contributed by atoms with Crippen LogP contribution in [0.4, 0.5) is 5.82 Å². The highest BCUT2D eigenvalue weighted by Crippen LogP contribution is 2.27. The van der Waals surface area contributed by atoms with Gasteiger partial charge in [0.05, 0.1) is 0 Å². The lowest BCUT2D eigenvalue weighted by molar-refractivity contribution is -0.122. The summed E-state index contributed by atoms with van der Waals surface area (Å²) in [7, 11) is 0. The zero-order chi connectivity index (χ0) is 15.0. The predicted molar refractivity (Wildman–Crippen MR) is 78.5 cm³/mol. The minimum atomic E-state index is -1.07. The van der Waals surface area contributed by atoms with E-state index in [1.807, 2.05) is 29.2 Å². The number of pyridine rings is 1. The molecule has 3 rings (SSSR count). The van der Waals surface area contributed by atoms with Crippen LogP contribution in [0.3, 0.4) is 0 Å². The number of fused-ring (bicyclic) bond motifs is 1. The molecule has 1 aliphatic rings. The van der Waals surface area contributed by atoms with Crippen LogP contribution in [0.2, 0.25) is 0 Å². The minimum Gasteiger partial charge on any atom is -0.477 e. The molecule has 1 saturated heterocycles. The van der Waals surface area contributed by atoms with Gasteiger partial charge in [0.15, 0.2) is 5.69 Å². The fourth-order valence-electron chi connectivity index (χ4n) is 2.58. The molecule has 0 spiro atoms. The summed E-state index contributed by atoms with van der Waals surface area (Å²) in [4.78, 5) is 29.2. The summed E-state index contributed by atoms with van der Waals surface area (Å²) < 4.78 is 0. The molecule has 2 heterocycles. The van der Waals surface area contributed by atoms with Crippen molar-refractivity contribution in [1.82, 2.24) is 10.3 Å². The topological polar surface area (TPSA) is 82.5 Å². The maximum absolute atomic E-state index is 11.8. The van der Waals surface area contributed by atoms with E-state index < -0.39 is 5.97 Å². The zero-order valence-electron chi connectivity index (χ0n) is 11.5. The van der Waals surface area contributed by atoms with E-state index in [9.17, 15) is 14.7 Å². The molecule has 1 aromatic heterocycles. The first kappa shape index (κ1) is 13.4. The highest BCUT2D eigenvalue weighted by atomic mass is 16.4. The number of carbonyl (C=O) groups excluding carboxylic acids is 1. The van der Waals surface area contributed by atoms with Gasteiger partial charge in [-0.3, -0.25) is 4.79 Å². The molecule has 2 aromatic rings. The number of hydrogen-bond donors (Lipinski definition) is 2. The molecule has 0 radical (unpaired) electrons. The number of rotatable bonds is 2. The van der Waals surface area contributed by atoms with E-state index >= 15 is 0 Å². The molecule has 1 aliphatic heterocycles. The Hall–Kier alpha value is -2.63. The number of piperazine rings is 1. The second kappa shape index (κ2) is 5.05. The molecule has 1 amide bonds. The van der Waals surface area contributed by atoms with Gasteiger partial charge in [0.1, 0.15) is 11.9 Å². The molecule has 0 bridgehead atoms. The largest absolute Gasteiger partial charge is 0.477 e. The summed E-state index contributed by atoms with van der Waals surface area (Å²) in [6.07, 6.45) is 0. The lowest BCUT2D eigenvalue weighted by Crippen LogP contribution is -2.54. The Morgan fingerprint density at radius 3 is 2.95 bits per heavy atom. The van der Waals surface area contributed by atoms with Crippen molar-refractivity contribution >= 4 is 28.5 Å². The summed E-state index contributed by atoms with van der Waals surface area (Å²) in [5.74, 6) is -0.600. The summed E-state index contributed by atoms with van der Waals surface area (Å²) >= 11 is 0. The summed E-state index contributed by atoms with van der Waals surface area (Å²) in [5, 5.41) is 13.7. The van der Waals surface area contributed by atoms with Crippen molar-refractivity contribution in [2.24, 2.45) is 0 Å². The standard InChI is InChI=1S/C15H15N3O3/c1-9-14(19)16-6-7-18(9)13-11-5-3-2-4-10(11)8-12(17-13)15(20)21/h2-5,8-9H,6-7H2,1H3,(H,16,19)(H,20,21). The Kier molecular flexibility index (Phi) is 3.21. The van der Waals surface area contributed by atoms with E-state index in [2.05, 4.69) is 10.3 Å². The smallest absolute Gasteiger partial charge is 0.354 e. The third kappa shape index (κ3) is 2.29. The van der Waals surface area contributed by atoms with E-state index in [4.69, 9.17) is 0 Å². The summed E-state index contributed by atoms with van der Waals surface area (Å²) in [6.45, 7) is 2.92. The maximum atomic E-state index is 11.8. The molecule has 1 fully saturated rings. The number of benzene rings is 1. The van der Waals surface area contributed by atoms with E-state index in [0.717, 1.165) is 10.8 Å². The van der Waals surface area contributed by atoms with Gasteiger partial charge in [-0.2, -0.15) is 0 Å². The van der Waals surface area contributed by atoms with Crippen molar-refractivity contribution in [3.63, 3.8) is 0 Å². The molecule has 6 nitrogen and oxygen atoms in total. The SMILES string of the molecule is CC1C(=O)NCCN1c1nc(C(=O)O)cc2ccccc12. The van der Waals surface area contributed by atoms with Gasteiger partial charge in [-0.05, 0) is 18.4 Å². The van der Waals surface area contributed by atoms with Gasteiger partial charge < -0.3 is 15.3 Å². The van der Waals surface area contributed by atoms with Gasteiger partial charge in [0.2, 0.25) is 5.91 Å². The molecule has 1 aromatic carbocycles. The van der Waals surface area contributed by atoms with E-state index in [1.165, 1.54) is 0 Å². The van der Waals surface area contributed by atoms with Gasteiger partial charge in [-0.1, -0.05) is 24.3 Å². The Bertz CT molecular complexity index is 729. The molecule has 0 aliphatic carbocycles. The first-order valence-electron chi connectivity index (χ1n) is 6.75. The van der Waals surface area contributed by atoms with Crippen molar-refractivity contribution in [2.75, 3.05) is 18.0 Å². The van der Waals surface area contributed by atoms with Gasteiger partial charge in [0.25, 0.3) is 0 Å². The third-order valence-electron chi connectivity index (χ3n) is 3.71. The second-order valence-electron chi connectivity index (χ2n) is 5.02. The van der Waals surface area contributed by atoms with Gasteiger partial charge in [-0.25, -0.2) is 9.78 Å². The van der Waals surface area contributed by atoms with E-state index in [-0.39, 0.29) is 17.6 Å². The van der Waals surface area contributed by atoms with Crippen LogP contribution in [0.1, 0.15) is 17.4 Å². The number of aromatic nitrogens is 1. The van der Waals surface area contributed by atoms with Crippen LogP contribution < -0.4 is 10.2 Å². The van der Waals surface area contributed by atoms with Crippen molar-refractivity contribution in [3.8, 4) is 0 Å². The van der Waals surface area contributed by atoms with E-state index in [1.54, 1.807) is 13.0 Å². The molecule has 0 saturated carbocycles. The highest BCUT2D eigenvalue weighted by molar-refractivity contribution is 5.99. The predicted octanol–water partition coefficient (Wildman–Crippen LogP) is 1.26. The molecular formula is C15H15N3O3. The monoisotopic (exact) mass is 285 g/mol. The number of aromatic carboxylic acids is 1. The lowest BCUT2D eigenvalue weighted by atomic mass is 10.1. The Morgan fingerprint density at radius 2 is 2.19 bits per heavy atom. The first-order valence-corrected chi connectivity index (χ1v) is 6.75. The Balaban J connectivity index is 2.20. The number of carboxylic acids is 1. The maximum Gasteiger partial charge on any atom is 0.354 e. The van der Waals surface area contributed by atoms with Crippen molar-refractivity contribution in [1.29, 1.82) is 0 Å². The lowest BCUT2D eigenvalue weighted by Gasteiger charge is -2.34. The fourth-order valence-corrected chi connectivity index (χ4v) is 2.58. The van der Waals surface area contributed by atoms with Crippen LogP contribution in [0.5, 0.6) is 0 Å². The van der Waals surface area contributed by atoms with Crippen molar-refractivity contribution in [3.05, 3.63) is 36.0 Å². The molecule has 21 heavy (non-hydrogen) atoms. The second-order valence-corrected chi connectivity index (χ2v) is 5.02. The molecule has 1 unspecified atom stereocenters. The van der Waals surface area contributed by atoms with Crippen LogP contribution in [-0.4, -0.2) is 41.1 Å². The van der Waals surface area contributed by atoms with Gasteiger partial charge in [0, 0.05) is 18.5 Å². The number of nitrogens with one attached hydrogen (secondary N) is 1. The normalized spacial score (nSPS) is 18.6. The number of nitrogens with zero attached hydrogens (tertiary/aromatic N) is 2. The quantitative estimate of drug-likeness (QED) is 0.868. The van der Waals surface area contributed by atoms with Crippen LogP contribution in [-0.2, 0) is 4.79 Å². The highest BCUT2D eigenvalue weighted by Gasteiger charge is 2.28. The molecule has 108 valence electrons. The number of anilines is 1. The molecule has 6 heteroatoms. The summed E-state index contributed by atoms with van der Waals surface area (Å²) in [5.41, 5.74) is -0.0121. The fraction of sp³-hybridized carbons (Fsp3) is 0.267. The average Bonchev–Trinajstić information content (AvgIpc) is 2.49. The number of hydrogen-bond acceptors (Lipinski definition) is 4.